The normalized spacial score (nSPS) is 15.5. The first kappa shape index (κ1) is 16.8. The van der Waals surface area contributed by atoms with Crippen LogP contribution in [-0.2, 0) is 9.53 Å². The van der Waals surface area contributed by atoms with E-state index in [1.165, 1.54) is 12.8 Å². The lowest BCUT2D eigenvalue weighted by molar-refractivity contribution is -0.116. The van der Waals surface area contributed by atoms with Crippen LogP contribution in [0, 0.1) is 5.92 Å². The van der Waals surface area contributed by atoms with Crippen molar-refractivity contribution in [2.45, 2.75) is 25.7 Å². The number of piperidine rings is 1. The maximum absolute atomic E-state index is 12.0. The standard InChI is InChI=1S/C17H26N2O3/c1-21-11-12-22-16-4-2-3-15(13-16)19-17(20)6-5-14-7-9-18-10-8-14/h2-4,13-14,18H,5-12H2,1H3,(H,19,20). The Kier molecular flexibility index (Phi) is 7.19. The lowest BCUT2D eigenvalue weighted by atomic mass is 9.93. The minimum Gasteiger partial charge on any atom is -0.491 e. The largest absolute Gasteiger partial charge is 0.491 e. The summed E-state index contributed by atoms with van der Waals surface area (Å²) in [7, 11) is 1.64. The summed E-state index contributed by atoms with van der Waals surface area (Å²) >= 11 is 0. The summed E-state index contributed by atoms with van der Waals surface area (Å²) in [4.78, 5) is 12.0. The van der Waals surface area contributed by atoms with Crippen LogP contribution in [0.2, 0.25) is 0 Å². The summed E-state index contributed by atoms with van der Waals surface area (Å²) in [5, 5.41) is 6.29. The lowest BCUT2D eigenvalue weighted by Gasteiger charge is -2.22. The van der Waals surface area contributed by atoms with E-state index in [1.807, 2.05) is 24.3 Å². The molecule has 1 aliphatic rings. The zero-order chi connectivity index (χ0) is 15.6. The van der Waals surface area contributed by atoms with Gasteiger partial charge in [-0.1, -0.05) is 6.07 Å². The Labute approximate surface area is 132 Å². The van der Waals surface area contributed by atoms with E-state index >= 15 is 0 Å². The zero-order valence-electron chi connectivity index (χ0n) is 13.3. The first-order valence-electron chi connectivity index (χ1n) is 8.00. The quantitative estimate of drug-likeness (QED) is 0.724. The van der Waals surface area contributed by atoms with Crippen molar-refractivity contribution in [1.29, 1.82) is 0 Å². The summed E-state index contributed by atoms with van der Waals surface area (Å²) in [6, 6.07) is 7.48. The number of rotatable bonds is 8. The van der Waals surface area contributed by atoms with Gasteiger partial charge in [-0.2, -0.15) is 0 Å². The van der Waals surface area contributed by atoms with Crippen LogP contribution >= 0.6 is 0 Å². The number of amides is 1. The molecule has 1 aliphatic heterocycles. The molecule has 1 saturated heterocycles. The van der Waals surface area contributed by atoms with Crippen molar-refractivity contribution in [3.05, 3.63) is 24.3 Å². The molecule has 122 valence electrons. The minimum absolute atomic E-state index is 0.0765. The van der Waals surface area contributed by atoms with Crippen LogP contribution in [0.4, 0.5) is 5.69 Å². The maximum atomic E-state index is 12.0. The first-order chi connectivity index (χ1) is 10.8. The molecule has 0 bridgehead atoms. The second-order valence-corrected chi connectivity index (χ2v) is 5.65. The summed E-state index contributed by atoms with van der Waals surface area (Å²) in [6.07, 6.45) is 3.91. The van der Waals surface area contributed by atoms with Crippen LogP contribution < -0.4 is 15.4 Å². The van der Waals surface area contributed by atoms with Gasteiger partial charge >= 0.3 is 0 Å². The highest BCUT2D eigenvalue weighted by Crippen LogP contribution is 2.20. The number of ether oxygens (including phenoxy) is 2. The van der Waals surface area contributed by atoms with Gasteiger partial charge in [0, 0.05) is 25.3 Å². The molecular weight excluding hydrogens is 280 g/mol. The molecule has 0 aliphatic carbocycles. The van der Waals surface area contributed by atoms with Gasteiger partial charge in [-0.15, -0.1) is 0 Å². The van der Waals surface area contributed by atoms with Crippen molar-refractivity contribution < 1.29 is 14.3 Å². The van der Waals surface area contributed by atoms with Crippen molar-refractivity contribution in [3.63, 3.8) is 0 Å². The van der Waals surface area contributed by atoms with E-state index in [-0.39, 0.29) is 5.91 Å². The van der Waals surface area contributed by atoms with E-state index in [4.69, 9.17) is 9.47 Å². The van der Waals surface area contributed by atoms with Crippen LogP contribution in [0.5, 0.6) is 5.75 Å². The van der Waals surface area contributed by atoms with Crippen molar-refractivity contribution in [3.8, 4) is 5.75 Å². The fourth-order valence-corrected chi connectivity index (χ4v) is 2.64. The Hall–Kier alpha value is -1.59. The molecule has 22 heavy (non-hydrogen) atoms. The van der Waals surface area contributed by atoms with Crippen molar-refractivity contribution in [1.82, 2.24) is 5.32 Å². The third-order valence-electron chi connectivity index (χ3n) is 3.91. The second-order valence-electron chi connectivity index (χ2n) is 5.65. The van der Waals surface area contributed by atoms with E-state index < -0.39 is 0 Å². The van der Waals surface area contributed by atoms with Gasteiger partial charge < -0.3 is 20.1 Å². The van der Waals surface area contributed by atoms with Gasteiger partial charge in [-0.05, 0) is 50.4 Å². The van der Waals surface area contributed by atoms with Crippen molar-refractivity contribution in [2.75, 3.05) is 38.7 Å². The molecule has 1 fully saturated rings. The predicted octanol–water partition coefficient (Wildman–Crippen LogP) is 2.43. The molecule has 1 aromatic rings. The molecule has 1 aromatic carbocycles. The van der Waals surface area contributed by atoms with E-state index in [1.54, 1.807) is 7.11 Å². The Morgan fingerprint density at radius 3 is 2.91 bits per heavy atom. The summed E-state index contributed by atoms with van der Waals surface area (Å²) in [5.41, 5.74) is 0.783. The molecular formula is C17H26N2O3. The topological polar surface area (TPSA) is 59.6 Å². The SMILES string of the molecule is COCCOc1cccc(NC(=O)CCC2CCNCC2)c1. The maximum Gasteiger partial charge on any atom is 0.224 e. The lowest BCUT2D eigenvalue weighted by Crippen LogP contribution is -2.28. The number of hydrogen-bond acceptors (Lipinski definition) is 4. The van der Waals surface area contributed by atoms with Gasteiger partial charge in [-0.3, -0.25) is 4.79 Å². The highest BCUT2D eigenvalue weighted by atomic mass is 16.5. The number of nitrogens with one attached hydrogen (secondary N) is 2. The third kappa shape index (κ3) is 6.03. The number of carbonyl (C=O) groups excluding carboxylic acids is 1. The highest BCUT2D eigenvalue weighted by Gasteiger charge is 2.14. The van der Waals surface area contributed by atoms with Crippen LogP contribution in [-0.4, -0.2) is 39.3 Å². The Morgan fingerprint density at radius 1 is 1.32 bits per heavy atom. The molecule has 2 N–H and O–H groups in total. The van der Waals surface area contributed by atoms with Crippen LogP contribution in [0.25, 0.3) is 0 Å². The average Bonchev–Trinajstić information content (AvgIpc) is 2.55. The van der Waals surface area contributed by atoms with E-state index in [9.17, 15) is 4.79 Å². The zero-order valence-corrected chi connectivity index (χ0v) is 13.3. The molecule has 0 unspecified atom stereocenters. The Morgan fingerprint density at radius 2 is 2.14 bits per heavy atom. The van der Waals surface area contributed by atoms with Gasteiger partial charge in [0.05, 0.1) is 6.61 Å². The summed E-state index contributed by atoms with van der Waals surface area (Å²) in [5.74, 6) is 1.50. The number of anilines is 1. The third-order valence-corrected chi connectivity index (χ3v) is 3.91. The van der Waals surface area contributed by atoms with Crippen LogP contribution in [0.15, 0.2) is 24.3 Å². The van der Waals surface area contributed by atoms with Crippen LogP contribution in [0.1, 0.15) is 25.7 Å². The van der Waals surface area contributed by atoms with E-state index in [0.717, 1.165) is 30.9 Å². The fraction of sp³-hybridized carbons (Fsp3) is 0.588. The number of benzene rings is 1. The number of carbonyl (C=O) groups is 1. The van der Waals surface area contributed by atoms with Crippen LogP contribution in [0.3, 0.4) is 0 Å². The molecule has 0 saturated carbocycles. The highest BCUT2D eigenvalue weighted by molar-refractivity contribution is 5.90. The van der Waals surface area contributed by atoms with E-state index in [0.29, 0.717) is 25.6 Å². The Bertz CT molecular complexity index is 459. The molecule has 0 aromatic heterocycles. The molecule has 5 nitrogen and oxygen atoms in total. The van der Waals surface area contributed by atoms with Gasteiger partial charge in [0.1, 0.15) is 12.4 Å². The monoisotopic (exact) mass is 306 g/mol. The predicted molar refractivity (Wildman–Crippen MR) is 87.3 cm³/mol. The molecule has 5 heteroatoms. The second kappa shape index (κ2) is 9.43. The van der Waals surface area contributed by atoms with Gasteiger partial charge in [0.25, 0.3) is 0 Å². The first-order valence-corrected chi connectivity index (χ1v) is 8.00. The van der Waals surface area contributed by atoms with Gasteiger partial charge in [0.2, 0.25) is 5.91 Å². The Balaban J connectivity index is 1.74. The number of hydrogen-bond donors (Lipinski definition) is 2. The molecule has 1 amide bonds. The van der Waals surface area contributed by atoms with Gasteiger partial charge in [0.15, 0.2) is 0 Å². The summed E-state index contributed by atoms with van der Waals surface area (Å²) < 4.78 is 10.5. The minimum atomic E-state index is 0.0765. The number of methoxy groups -OCH3 is 1. The summed E-state index contributed by atoms with van der Waals surface area (Å²) in [6.45, 7) is 3.21. The molecule has 0 atom stereocenters. The van der Waals surface area contributed by atoms with Crippen molar-refractivity contribution >= 4 is 11.6 Å². The average molecular weight is 306 g/mol. The van der Waals surface area contributed by atoms with Crippen molar-refractivity contribution in [2.24, 2.45) is 5.92 Å². The smallest absolute Gasteiger partial charge is 0.224 e. The van der Waals surface area contributed by atoms with Gasteiger partial charge in [-0.25, -0.2) is 0 Å². The molecule has 0 radical (unpaired) electrons. The fourth-order valence-electron chi connectivity index (χ4n) is 2.64. The molecule has 1 heterocycles. The molecule has 0 spiro atoms. The molecule has 2 rings (SSSR count). The van der Waals surface area contributed by atoms with E-state index in [2.05, 4.69) is 10.6 Å².